The minimum absolute atomic E-state index is 0.290. The number of hydrogen-bond donors (Lipinski definition) is 2. The van der Waals surface area contributed by atoms with Crippen molar-refractivity contribution >= 4 is 27.2 Å². The van der Waals surface area contributed by atoms with E-state index in [1.54, 1.807) is 12.4 Å². The molecule has 0 radical (unpaired) electrons. The van der Waals surface area contributed by atoms with Gasteiger partial charge in [-0.2, -0.15) is 23.4 Å². The fourth-order valence-electron chi connectivity index (χ4n) is 3.04. The van der Waals surface area contributed by atoms with Crippen LogP contribution in [0.15, 0.2) is 54.9 Å². The number of fused-ring (bicyclic) bond motifs is 1. The third kappa shape index (κ3) is 4.55. The third-order valence-corrected chi connectivity index (χ3v) is 5.45. The molecule has 0 spiro atoms. The van der Waals surface area contributed by atoms with Gasteiger partial charge in [0.25, 0.3) is 0 Å². The van der Waals surface area contributed by atoms with Crippen LogP contribution in [0.4, 0.5) is 18.3 Å². The number of anilines is 1. The Kier molecular flexibility index (Phi) is 5.60. The number of nitrogens with one attached hydrogen (secondary N) is 1. The monoisotopic (exact) mass is 430 g/mol. The van der Waals surface area contributed by atoms with Crippen molar-refractivity contribution in [2.45, 2.75) is 18.6 Å². The van der Waals surface area contributed by atoms with E-state index in [9.17, 15) is 13.2 Å². The second-order valence-electron chi connectivity index (χ2n) is 6.75. The van der Waals surface area contributed by atoms with Crippen molar-refractivity contribution in [3.63, 3.8) is 0 Å². The Morgan fingerprint density at radius 3 is 2.53 bits per heavy atom. The number of halogens is 3. The zero-order chi connectivity index (χ0) is 21.1. The van der Waals surface area contributed by atoms with Crippen LogP contribution in [0, 0.1) is 0 Å². The summed E-state index contributed by atoms with van der Waals surface area (Å²) in [5.41, 5.74) is 7.12. The molecule has 0 aliphatic rings. The molecule has 2 aromatic carbocycles. The van der Waals surface area contributed by atoms with Crippen molar-refractivity contribution < 1.29 is 13.2 Å². The van der Waals surface area contributed by atoms with Gasteiger partial charge in [-0.25, -0.2) is 0 Å². The van der Waals surface area contributed by atoms with Crippen LogP contribution < -0.4 is 11.1 Å². The number of benzene rings is 2. The topological polar surface area (TPSA) is 89.6 Å². The summed E-state index contributed by atoms with van der Waals surface area (Å²) in [7, 11) is 0. The highest BCUT2D eigenvalue weighted by atomic mass is 32.1. The van der Waals surface area contributed by atoms with Gasteiger partial charge < -0.3 is 11.1 Å². The Bertz CT molecular complexity index is 1140. The van der Waals surface area contributed by atoms with Gasteiger partial charge in [0, 0.05) is 28.9 Å². The number of alkyl halides is 3. The highest BCUT2D eigenvalue weighted by Crippen LogP contribution is 2.32. The molecule has 154 valence electrons. The summed E-state index contributed by atoms with van der Waals surface area (Å²) < 4.78 is 37.9. The molecule has 0 aliphatic carbocycles. The summed E-state index contributed by atoms with van der Waals surface area (Å²) in [5, 5.41) is 22.6. The lowest BCUT2D eigenvalue weighted by Gasteiger charge is -2.13. The highest BCUT2D eigenvalue weighted by Gasteiger charge is 2.29. The van der Waals surface area contributed by atoms with Crippen LogP contribution in [0.25, 0.3) is 21.3 Å². The van der Waals surface area contributed by atoms with Gasteiger partial charge in [0.1, 0.15) is 5.01 Å². The number of rotatable bonds is 6. The summed E-state index contributed by atoms with van der Waals surface area (Å²) in [4.78, 5) is 0. The van der Waals surface area contributed by atoms with Crippen molar-refractivity contribution in [2.24, 2.45) is 5.73 Å². The largest absolute Gasteiger partial charge is 0.416 e. The molecule has 4 aromatic rings. The lowest BCUT2D eigenvalue weighted by Crippen LogP contribution is -2.31. The van der Waals surface area contributed by atoms with Crippen LogP contribution in [-0.4, -0.2) is 33.0 Å². The molecule has 0 saturated heterocycles. The number of hydrogen-bond acceptors (Lipinski definition) is 7. The Morgan fingerprint density at radius 1 is 1.00 bits per heavy atom. The maximum Gasteiger partial charge on any atom is 0.416 e. The van der Waals surface area contributed by atoms with Crippen LogP contribution in [0.2, 0.25) is 0 Å². The fourth-order valence-corrected chi connectivity index (χ4v) is 3.83. The summed E-state index contributed by atoms with van der Waals surface area (Å²) >= 11 is 1.39. The second kappa shape index (κ2) is 8.33. The summed E-state index contributed by atoms with van der Waals surface area (Å²) in [5.74, 6) is 0. The zero-order valence-electron chi connectivity index (χ0n) is 15.6. The molecule has 10 heteroatoms. The number of aromatic nitrogens is 4. The van der Waals surface area contributed by atoms with Gasteiger partial charge in [-0.3, -0.25) is 0 Å². The van der Waals surface area contributed by atoms with Gasteiger partial charge in [0.05, 0.1) is 18.0 Å². The minimum atomic E-state index is -4.34. The molecule has 1 atom stereocenters. The molecule has 3 N–H and O–H groups in total. The van der Waals surface area contributed by atoms with Gasteiger partial charge in [-0.15, -0.1) is 10.2 Å². The molecule has 4 rings (SSSR count). The second-order valence-corrected chi connectivity index (χ2v) is 7.73. The van der Waals surface area contributed by atoms with Gasteiger partial charge in [-0.05, 0) is 24.1 Å². The molecule has 0 fully saturated rings. The zero-order valence-corrected chi connectivity index (χ0v) is 16.4. The van der Waals surface area contributed by atoms with E-state index in [2.05, 4.69) is 25.7 Å². The predicted octanol–water partition coefficient (Wildman–Crippen LogP) is 4.15. The van der Waals surface area contributed by atoms with Gasteiger partial charge in [0.15, 0.2) is 0 Å². The lowest BCUT2D eigenvalue weighted by molar-refractivity contribution is -0.137. The summed E-state index contributed by atoms with van der Waals surface area (Å²) in [6.07, 6.45) is -0.508. The van der Waals surface area contributed by atoms with Crippen LogP contribution in [0.1, 0.15) is 11.1 Å². The average molecular weight is 430 g/mol. The average Bonchev–Trinajstić information content (AvgIpc) is 3.20. The molecular formula is C20H17F3N6S. The molecule has 0 saturated carbocycles. The number of nitrogens with zero attached hydrogens (tertiary/aromatic N) is 4. The van der Waals surface area contributed by atoms with Crippen molar-refractivity contribution in [3.05, 3.63) is 66.0 Å². The Labute approximate surface area is 174 Å². The van der Waals surface area contributed by atoms with Crippen molar-refractivity contribution in [1.82, 2.24) is 20.4 Å². The first-order valence-corrected chi connectivity index (χ1v) is 9.90. The smallest absolute Gasteiger partial charge is 0.359 e. The predicted molar refractivity (Wildman–Crippen MR) is 110 cm³/mol. The van der Waals surface area contributed by atoms with E-state index in [1.807, 2.05) is 18.2 Å². The van der Waals surface area contributed by atoms with E-state index in [4.69, 9.17) is 5.73 Å². The molecule has 30 heavy (non-hydrogen) atoms. The third-order valence-electron chi connectivity index (χ3n) is 4.54. The van der Waals surface area contributed by atoms with Gasteiger partial charge in [0.2, 0.25) is 5.13 Å². The maximum absolute atomic E-state index is 12.6. The molecule has 0 unspecified atom stereocenters. The molecule has 6 nitrogen and oxygen atoms in total. The maximum atomic E-state index is 12.6. The minimum Gasteiger partial charge on any atom is -0.359 e. The van der Waals surface area contributed by atoms with E-state index in [1.165, 1.54) is 23.5 Å². The van der Waals surface area contributed by atoms with E-state index < -0.39 is 11.7 Å². The molecule has 0 bridgehead atoms. The quantitative estimate of drug-likeness (QED) is 0.478. The van der Waals surface area contributed by atoms with E-state index in [-0.39, 0.29) is 6.04 Å². The first kappa shape index (κ1) is 20.2. The normalized spacial score (nSPS) is 12.8. The van der Waals surface area contributed by atoms with Crippen LogP contribution in [-0.2, 0) is 12.6 Å². The van der Waals surface area contributed by atoms with E-state index >= 15 is 0 Å². The Morgan fingerprint density at radius 2 is 1.77 bits per heavy atom. The first-order chi connectivity index (χ1) is 14.4. The number of nitrogens with two attached hydrogens (primary N) is 1. The van der Waals surface area contributed by atoms with Gasteiger partial charge >= 0.3 is 6.18 Å². The lowest BCUT2D eigenvalue weighted by atomic mass is 10.0. The standard InChI is InChI=1S/C20H17F3N6S/c21-20(22,23)14-6-4-12(5-7-14)8-15(24)10-25-19-29-28-18(30-19)16-3-1-2-13-9-26-27-11-17(13)16/h1-7,9,11,15H,8,10,24H2,(H,25,29)/t15-/m0/s1. The molecule has 2 heterocycles. The SMILES string of the molecule is N[C@H](CNc1nnc(-c2cccc3cnncc23)s1)Cc1ccc(C(F)(F)F)cc1. The van der Waals surface area contributed by atoms with Crippen molar-refractivity contribution in [1.29, 1.82) is 0 Å². The first-order valence-electron chi connectivity index (χ1n) is 9.09. The molecular weight excluding hydrogens is 413 g/mol. The molecule has 2 aromatic heterocycles. The van der Waals surface area contributed by atoms with Gasteiger partial charge in [-0.1, -0.05) is 41.7 Å². The van der Waals surface area contributed by atoms with Crippen molar-refractivity contribution in [2.75, 3.05) is 11.9 Å². The fraction of sp³-hybridized carbons (Fsp3) is 0.200. The van der Waals surface area contributed by atoms with Crippen LogP contribution in [0.5, 0.6) is 0 Å². The highest BCUT2D eigenvalue weighted by molar-refractivity contribution is 7.18. The summed E-state index contributed by atoms with van der Waals surface area (Å²) in [6, 6.07) is 10.6. The molecule has 0 aliphatic heterocycles. The van der Waals surface area contributed by atoms with Crippen LogP contribution >= 0.6 is 11.3 Å². The molecule has 0 amide bonds. The van der Waals surface area contributed by atoms with E-state index in [0.29, 0.717) is 18.1 Å². The van der Waals surface area contributed by atoms with Crippen molar-refractivity contribution in [3.8, 4) is 10.6 Å². The van der Waals surface area contributed by atoms with E-state index in [0.717, 1.165) is 39.0 Å². The summed E-state index contributed by atoms with van der Waals surface area (Å²) in [6.45, 7) is 0.413. The Balaban J connectivity index is 1.38. The Hall–Kier alpha value is -3.11. The van der Waals surface area contributed by atoms with Crippen LogP contribution in [0.3, 0.4) is 0 Å².